The molecule has 0 saturated carbocycles. The highest BCUT2D eigenvalue weighted by molar-refractivity contribution is 7.92. The summed E-state index contributed by atoms with van der Waals surface area (Å²) in [6, 6.07) is 8.31. The number of anilines is 1. The van der Waals surface area contributed by atoms with Gasteiger partial charge in [-0.2, -0.15) is 0 Å². The van der Waals surface area contributed by atoms with Gasteiger partial charge in [0.05, 0.1) is 30.5 Å². The minimum absolute atomic E-state index is 0.0461. The molecule has 1 heterocycles. The number of halogens is 1. The second-order valence-corrected chi connectivity index (χ2v) is 11.9. The van der Waals surface area contributed by atoms with E-state index < -0.39 is 28.0 Å². The Bertz CT molecular complexity index is 1270. The first-order valence-electron chi connectivity index (χ1n) is 12.8. The van der Waals surface area contributed by atoms with Crippen LogP contribution in [0.3, 0.4) is 0 Å². The number of aliphatic hydroxyl groups is 1. The molecule has 214 valence electrons. The monoisotopic (exact) mass is 564 g/mol. The third-order valence-corrected chi connectivity index (χ3v) is 7.90. The SMILES string of the molecule is CC(C)NC(=O)N(C)C[C@@H]1Oc2ccc(NS(=O)(=O)c3ccc(F)cc3)cc2CC(=O)N([C@@H](C)CO)C[C@H]1C. The molecule has 0 spiro atoms. The number of fused-ring (bicyclic) bond motifs is 1. The van der Waals surface area contributed by atoms with Gasteiger partial charge in [0.15, 0.2) is 0 Å². The fourth-order valence-electron chi connectivity index (χ4n) is 4.25. The number of urea groups is 1. The zero-order valence-corrected chi connectivity index (χ0v) is 23.7. The fourth-order valence-corrected chi connectivity index (χ4v) is 5.30. The summed E-state index contributed by atoms with van der Waals surface area (Å²) in [6.07, 6.45) is -0.595. The first kappa shape index (κ1) is 30.2. The third-order valence-electron chi connectivity index (χ3n) is 6.51. The fraction of sp³-hybridized carbons (Fsp3) is 0.481. The van der Waals surface area contributed by atoms with E-state index in [1.54, 1.807) is 24.9 Å². The number of carbonyl (C=O) groups is 2. The van der Waals surface area contributed by atoms with Gasteiger partial charge >= 0.3 is 6.03 Å². The number of ether oxygens (including phenoxy) is 1. The molecule has 1 aliphatic rings. The van der Waals surface area contributed by atoms with Gasteiger partial charge in [-0.15, -0.1) is 0 Å². The van der Waals surface area contributed by atoms with Crippen molar-refractivity contribution >= 4 is 27.6 Å². The minimum atomic E-state index is -4.01. The Kier molecular flexibility index (Phi) is 9.78. The third kappa shape index (κ3) is 7.82. The van der Waals surface area contributed by atoms with Crippen LogP contribution in [0.25, 0.3) is 0 Å². The van der Waals surface area contributed by atoms with Crippen LogP contribution >= 0.6 is 0 Å². The maximum atomic E-state index is 13.3. The molecule has 0 aliphatic carbocycles. The largest absolute Gasteiger partial charge is 0.488 e. The normalized spacial score (nSPS) is 18.8. The van der Waals surface area contributed by atoms with E-state index >= 15 is 0 Å². The molecule has 0 fully saturated rings. The quantitative estimate of drug-likeness (QED) is 0.453. The van der Waals surface area contributed by atoms with E-state index in [1.807, 2.05) is 20.8 Å². The predicted molar refractivity (Wildman–Crippen MR) is 145 cm³/mol. The number of benzene rings is 2. The highest BCUT2D eigenvalue weighted by Gasteiger charge is 2.32. The van der Waals surface area contributed by atoms with E-state index in [-0.39, 0.29) is 54.1 Å². The number of hydrogen-bond donors (Lipinski definition) is 3. The summed E-state index contributed by atoms with van der Waals surface area (Å²) < 4.78 is 47.8. The van der Waals surface area contributed by atoms with Gasteiger partial charge in [-0.05, 0) is 63.2 Å². The second kappa shape index (κ2) is 12.6. The Morgan fingerprint density at radius 2 is 1.87 bits per heavy atom. The molecule has 3 rings (SSSR count). The minimum Gasteiger partial charge on any atom is -0.488 e. The van der Waals surface area contributed by atoms with Gasteiger partial charge in [-0.25, -0.2) is 17.6 Å². The molecular formula is C27H37FN4O6S. The van der Waals surface area contributed by atoms with Crippen LogP contribution in [0.1, 0.15) is 33.3 Å². The van der Waals surface area contributed by atoms with E-state index in [2.05, 4.69) is 10.0 Å². The van der Waals surface area contributed by atoms with E-state index in [4.69, 9.17) is 4.74 Å². The van der Waals surface area contributed by atoms with Crippen LogP contribution in [0.5, 0.6) is 5.75 Å². The highest BCUT2D eigenvalue weighted by atomic mass is 32.2. The number of carbonyl (C=O) groups excluding carboxylic acids is 2. The van der Waals surface area contributed by atoms with Crippen molar-refractivity contribution in [2.24, 2.45) is 5.92 Å². The number of nitrogens with one attached hydrogen (secondary N) is 2. The lowest BCUT2D eigenvalue weighted by Gasteiger charge is -2.34. The van der Waals surface area contributed by atoms with Gasteiger partial charge in [0.1, 0.15) is 17.7 Å². The van der Waals surface area contributed by atoms with Crippen molar-refractivity contribution in [3.63, 3.8) is 0 Å². The highest BCUT2D eigenvalue weighted by Crippen LogP contribution is 2.30. The summed E-state index contributed by atoms with van der Waals surface area (Å²) >= 11 is 0. The van der Waals surface area contributed by atoms with Crippen molar-refractivity contribution < 1.29 is 32.2 Å². The molecular weight excluding hydrogens is 527 g/mol. The van der Waals surface area contributed by atoms with Crippen molar-refractivity contribution in [2.75, 3.05) is 31.5 Å². The van der Waals surface area contributed by atoms with Crippen molar-refractivity contribution in [1.29, 1.82) is 0 Å². The second-order valence-electron chi connectivity index (χ2n) is 10.3. The number of sulfonamides is 1. The molecule has 0 radical (unpaired) electrons. The molecule has 0 aromatic heterocycles. The summed E-state index contributed by atoms with van der Waals surface area (Å²) in [5.41, 5.74) is 0.649. The lowest BCUT2D eigenvalue weighted by atomic mass is 10.0. The Balaban J connectivity index is 1.95. The molecule has 0 unspecified atom stereocenters. The lowest BCUT2D eigenvalue weighted by molar-refractivity contribution is -0.134. The molecule has 1 aliphatic heterocycles. The molecule has 0 saturated heterocycles. The number of nitrogens with zero attached hydrogens (tertiary/aromatic N) is 2. The average Bonchev–Trinajstić information content (AvgIpc) is 2.91. The molecule has 12 heteroatoms. The molecule has 39 heavy (non-hydrogen) atoms. The zero-order chi connectivity index (χ0) is 28.9. The van der Waals surface area contributed by atoms with Crippen LogP contribution in [0.15, 0.2) is 47.4 Å². The van der Waals surface area contributed by atoms with E-state index in [0.29, 0.717) is 17.9 Å². The number of aliphatic hydroxyl groups excluding tert-OH is 1. The summed E-state index contributed by atoms with van der Waals surface area (Å²) in [5.74, 6) is -0.626. The van der Waals surface area contributed by atoms with Gasteiger partial charge < -0.3 is 25.0 Å². The van der Waals surface area contributed by atoms with Crippen molar-refractivity contribution in [3.8, 4) is 5.75 Å². The Labute approximate surface area is 229 Å². The van der Waals surface area contributed by atoms with Crippen LogP contribution in [0.4, 0.5) is 14.9 Å². The molecule has 10 nitrogen and oxygen atoms in total. The van der Waals surface area contributed by atoms with Crippen LogP contribution in [0, 0.1) is 11.7 Å². The van der Waals surface area contributed by atoms with Crippen molar-refractivity contribution in [1.82, 2.24) is 15.1 Å². The summed E-state index contributed by atoms with van der Waals surface area (Å²) in [7, 11) is -2.35. The lowest BCUT2D eigenvalue weighted by Crippen LogP contribution is -2.49. The first-order chi connectivity index (χ1) is 18.3. The molecule has 2 aromatic rings. The number of amides is 3. The van der Waals surface area contributed by atoms with Gasteiger partial charge in [0, 0.05) is 36.8 Å². The zero-order valence-electron chi connectivity index (χ0n) is 22.8. The van der Waals surface area contributed by atoms with Gasteiger partial charge in [-0.3, -0.25) is 9.52 Å². The first-order valence-corrected chi connectivity index (χ1v) is 14.3. The smallest absolute Gasteiger partial charge is 0.317 e. The maximum Gasteiger partial charge on any atom is 0.317 e. The Morgan fingerprint density at radius 3 is 2.49 bits per heavy atom. The molecule has 3 N–H and O–H groups in total. The number of rotatable bonds is 8. The van der Waals surface area contributed by atoms with Crippen LogP contribution in [-0.2, 0) is 21.2 Å². The van der Waals surface area contributed by atoms with Gasteiger partial charge in [-0.1, -0.05) is 6.92 Å². The predicted octanol–water partition coefficient (Wildman–Crippen LogP) is 2.83. The van der Waals surface area contributed by atoms with Crippen LogP contribution in [0.2, 0.25) is 0 Å². The topological polar surface area (TPSA) is 128 Å². The molecule has 3 amide bonds. The molecule has 3 atom stereocenters. The summed E-state index contributed by atoms with van der Waals surface area (Å²) in [4.78, 5) is 28.9. The van der Waals surface area contributed by atoms with E-state index in [9.17, 15) is 27.5 Å². The van der Waals surface area contributed by atoms with E-state index in [1.165, 1.54) is 17.0 Å². The van der Waals surface area contributed by atoms with Gasteiger partial charge in [0.2, 0.25) is 5.91 Å². The maximum absolute atomic E-state index is 13.3. The van der Waals surface area contributed by atoms with Crippen LogP contribution < -0.4 is 14.8 Å². The van der Waals surface area contributed by atoms with E-state index in [0.717, 1.165) is 24.3 Å². The van der Waals surface area contributed by atoms with Crippen molar-refractivity contribution in [3.05, 3.63) is 53.8 Å². The average molecular weight is 565 g/mol. The Hall–Kier alpha value is -3.38. The summed E-state index contributed by atoms with van der Waals surface area (Å²) in [5, 5.41) is 12.6. The number of likely N-dealkylation sites (N-methyl/N-ethyl adjacent to an activating group) is 1. The summed E-state index contributed by atoms with van der Waals surface area (Å²) in [6.45, 7) is 7.68. The van der Waals surface area contributed by atoms with Crippen LogP contribution in [-0.4, -0.2) is 80.2 Å². The number of hydrogen-bond acceptors (Lipinski definition) is 6. The van der Waals surface area contributed by atoms with Gasteiger partial charge in [0.25, 0.3) is 10.0 Å². The van der Waals surface area contributed by atoms with Crippen molar-refractivity contribution in [2.45, 2.75) is 57.2 Å². The standard InChI is InChI=1S/C27H37FN4O6S/c1-17(2)29-27(35)31(5)15-25-18(3)14-32(19(4)16-33)26(34)13-20-12-22(8-11-24(20)38-25)30-39(36,37)23-9-6-21(28)7-10-23/h6-12,17-19,25,30,33H,13-16H2,1-5H3,(H,29,35)/t18-,19+,25+/m1/s1. The Morgan fingerprint density at radius 1 is 1.21 bits per heavy atom. The molecule has 0 bridgehead atoms. The molecule has 2 aromatic carbocycles.